The van der Waals surface area contributed by atoms with Gasteiger partial charge in [0.2, 0.25) is 5.91 Å². The van der Waals surface area contributed by atoms with Gasteiger partial charge in [0.1, 0.15) is 5.54 Å². The monoisotopic (exact) mass is 262 g/mol. The molecule has 17 heavy (non-hydrogen) atoms. The number of esters is 1. The summed E-state index contributed by atoms with van der Waals surface area (Å²) in [5.41, 5.74) is -0.609. The number of hydrogen-bond donors (Lipinski definition) is 0. The van der Waals surface area contributed by atoms with Crippen molar-refractivity contribution in [3.05, 3.63) is 0 Å². The lowest BCUT2D eigenvalue weighted by molar-refractivity contribution is -0.139. The highest BCUT2D eigenvalue weighted by molar-refractivity contribution is 8.00. The van der Waals surface area contributed by atoms with Gasteiger partial charge in [-0.1, -0.05) is 0 Å². The van der Waals surface area contributed by atoms with Crippen LogP contribution in [-0.4, -0.2) is 74.0 Å². The van der Waals surface area contributed by atoms with E-state index >= 15 is 0 Å². The zero-order chi connectivity index (χ0) is 13.6. The molecular formula is C11H22N2O3S. The van der Waals surface area contributed by atoms with Crippen LogP contribution < -0.4 is 0 Å². The summed E-state index contributed by atoms with van der Waals surface area (Å²) in [5, 5.41) is 0. The molecule has 0 heterocycles. The number of nitrogens with zero attached hydrogens (tertiary/aromatic N) is 2. The molecule has 0 saturated heterocycles. The van der Waals surface area contributed by atoms with Gasteiger partial charge in [0.15, 0.2) is 0 Å². The average Bonchev–Trinajstić information content (AvgIpc) is 2.26. The van der Waals surface area contributed by atoms with Gasteiger partial charge in [-0.3, -0.25) is 14.5 Å². The van der Waals surface area contributed by atoms with Gasteiger partial charge in [0.25, 0.3) is 0 Å². The Morgan fingerprint density at radius 1 is 1.24 bits per heavy atom. The fourth-order valence-electron chi connectivity index (χ4n) is 1.26. The van der Waals surface area contributed by atoms with Crippen molar-refractivity contribution in [3.8, 4) is 0 Å². The van der Waals surface area contributed by atoms with E-state index in [9.17, 15) is 9.59 Å². The minimum Gasteiger partial charge on any atom is -0.468 e. The van der Waals surface area contributed by atoms with Gasteiger partial charge in [-0.15, -0.1) is 11.8 Å². The van der Waals surface area contributed by atoms with Crippen molar-refractivity contribution in [1.29, 1.82) is 0 Å². The van der Waals surface area contributed by atoms with E-state index in [0.29, 0.717) is 5.75 Å². The third-order valence-electron chi connectivity index (χ3n) is 2.68. The van der Waals surface area contributed by atoms with Gasteiger partial charge in [0.05, 0.1) is 12.9 Å². The number of methoxy groups -OCH3 is 1. The molecule has 0 N–H and O–H groups in total. The van der Waals surface area contributed by atoms with Crippen molar-refractivity contribution in [3.63, 3.8) is 0 Å². The summed E-state index contributed by atoms with van der Waals surface area (Å²) in [6.45, 7) is 1.87. The third-order valence-corrected chi connectivity index (χ3v) is 3.89. The molecule has 6 heteroatoms. The van der Waals surface area contributed by atoms with Crippen molar-refractivity contribution >= 4 is 23.6 Å². The highest BCUT2D eigenvalue weighted by Gasteiger charge is 2.36. The molecular weight excluding hydrogens is 240 g/mol. The first-order valence-corrected chi connectivity index (χ1v) is 6.45. The summed E-state index contributed by atoms with van der Waals surface area (Å²) in [6, 6.07) is 0. The molecule has 1 unspecified atom stereocenters. The number of likely N-dealkylation sites (N-methyl/N-ethyl adjacent to an activating group) is 2. The minimum absolute atomic E-state index is 0.0277. The summed E-state index contributed by atoms with van der Waals surface area (Å²) < 4.78 is 4.56. The molecule has 0 bridgehead atoms. The van der Waals surface area contributed by atoms with Crippen LogP contribution in [-0.2, 0) is 14.3 Å². The van der Waals surface area contributed by atoms with Crippen molar-refractivity contribution < 1.29 is 14.3 Å². The molecule has 0 aliphatic rings. The number of carbonyl (C=O) groups excluding carboxylic acids is 2. The van der Waals surface area contributed by atoms with E-state index in [1.807, 2.05) is 25.9 Å². The molecule has 0 spiro atoms. The number of amides is 1. The topological polar surface area (TPSA) is 49.9 Å². The summed E-state index contributed by atoms with van der Waals surface area (Å²) in [4.78, 5) is 26.6. The molecule has 0 aromatic carbocycles. The third kappa shape index (κ3) is 4.55. The Hall–Kier alpha value is -0.750. The Kier molecular flexibility index (Phi) is 6.56. The van der Waals surface area contributed by atoms with Gasteiger partial charge in [-0.25, -0.2) is 0 Å². The molecule has 1 amide bonds. The highest BCUT2D eigenvalue weighted by atomic mass is 32.2. The quantitative estimate of drug-likeness (QED) is 0.645. The Morgan fingerprint density at radius 2 is 1.76 bits per heavy atom. The molecule has 100 valence electrons. The summed E-state index contributed by atoms with van der Waals surface area (Å²) in [5.74, 6) is 0.570. The lowest BCUT2D eigenvalue weighted by Crippen LogP contribution is -2.55. The number of ether oxygens (including phenoxy) is 1. The van der Waals surface area contributed by atoms with Crippen molar-refractivity contribution in [2.75, 3.05) is 46.8 Å². The summed E-state index contributed by atoms with van der Waals surface area (Å²) >= 11 is 1.40. The Labute approximate surface area is 107 Å². The molecule has 0 radical (unpaired) electrons. The lowest BCUT2D eigenvalue weighted by Gasteiger charge is -2.36. The maximum atomic E-state index is 12.1. The van der Waals surface area contributed by atoms with Crippen LogP contribution in [0.15, 0.2) is 0 Å². The van der Waals surface area contributed by atoms with E-state index < -0.39 is 5.54 Å². The van der Waals surface area contributed by atoms with Gasteiger partial charge < -0.3 is 9.64 Å². The van der Waals surface area contributed by atoms with Crippen LogP contribution in [0.25, 0.3) is 0 Å². The number of rotatable bonds is 6. The van der Waals surface area contributed by atoms with Gasteiger partial charge >= 0.3 is 5.97 Å². The van der Waals surface area contributed by atoms with Gasteiger partial charge in [-0.05, 0) is 21.0 Å². The number of thioether (sulfide) groups is 1. The molecule has 0 saturated carbocycles. The predicted molar refractivity (Wildman–Crippen MR) is 70.1 cm³/mol. The van der Waals surface area contributed by atoms with Crippen LogP contribution in [0.5, 0.6) is 0 Å². The first-order chi connectivity index (χ1) is 7.75. The van der Waals surface area contributed by atoms with Crippen molar-refractivity contribution in [1.82, 2.24) is 9.80 Å². The maximum absolute atomic E-state index is 12.1. The zero-order valence-electron chi connectivity index (χ0n) is 11.4. The van der Waals surface area contributed by atoms with Crippen LogP contribution in [0.2, 0.25) is 0 Å². The SMILES string of the molecule is COC(=O)CSCC(C)(C(=O)N(C)C)N(C)C. The first kappa shape index (κ1) is 16.2. The lowest BCUT2D eigenvalue weighted by atomic mass is 10.0. The zero-order valence-corrected chi connectivity index (χ0v) is 12.3. The Morgan fingerprint density at radius 3 is 2.12 bits per heavy atom. The number of carbonyl (C=O) groups is 2. The van der Waals surface area contributed by atoms with E-state index in [4.69, 9.17) is 0 Å². The van der Waals surface area contributed by atoms with Crippen LogP contribution in [0.4, 0.5) is 0 Å². The second-order valence-electron chi connectivity index (χ2n) is 4.44. The second kappa shape index (κ2) is 6.86. The summed E-state index contributed by atoms with van der Waals surface area (Å²) in [6.07, 6.45) is 0. The van der Waals surface area contributed by atoms with Crippen LogP contribution in [0, 0.1) is 0 Å². The standard InChI is InChI=1S/C11H22N2O3S/c1-11(13(4)5,10(15)12(2)3)8-17-7-9(14)16-6/h7-8H2,1-6H3. The van der Waals surface area contributed by atoms with Crippen LogP contribution >= 0.6 is 11.8 Å². The van der Waals surface area contributed by atoms with E-state index in [0.717, 1.165) is 0 Å². The molecule has 1 atom stereocenters. The van der Waals surface area contributed by atoms with E-state index in [-0.39, 0.29) is 17.6 Å². The first-order valence-electron chi connectivity index (χ1n) is 5.29. The minimum atomic E-state index is -0.609. The van der Waals surface area contributed by atoms with Gasteiger partial charge in [0, 0.05) is 19.8 Å². The molecule has 0 aliphatic carbocycles. The van der Waals surface area contributed by atoms with Crippen LogP contribution in [0.3, 0.4) is 0 Å². The fourth-order valence-corrected chi connectivity index (χ4v) is 2.42. The molecule has 0 rings (SSSR count). The normalized spacial score (nSPS) is 14.3. The Balaban J connectivity index is 4.53. The molecule has 0 aromatic rings. The fraction of sp³-hybridized carbons (Fsp3) is 0.818. The van der Waals surface area contributed by atoms with Crippen molar-refractivity contribution in [2.24, 2.45) is 0 Å². The Bertz CT molecular complexity index is 282. The van der Waals surface area contributed by atoms with E-state index in [1.165, 1.54) is 18.9 Å². The van der Waals surface area contributed by atoms with Gasteiger partial charge in [-0.2, -0.15) is 0 Å². The van der Waals surface area contributed by atoms with E-state index in [2.05, 4.69) is 4.74 Å². The largest absolute Gasteiger partial charge is 0.468 e. The smallest absolute Gasteiger partial charge is 0.315 e. The molecule has 0 aromatic heterocycles. The maximum Gasteiger partial charge on any atom is 0.315 e. The molecule has 0 fully saturated rings. The molecule has 5 nitrogen and oxygen atoms in total. The molecule has 0 aliphatic heterocycles. The van der Waals surface area contributed by atoms with Crippen molar-refractivity contribution in [2.45, 2.75) is 12.5 Å². The van der Waals surface area contributed by atoms with E-state index in [1.54, 1.807) is 19.0 Å². The second-order valence-corrected chi connectivity index (χ2v) is 5.42. The van der Waals surface area contributed by atoms with Crippen LogP contribution in [0.1, 0.15) is 6.92 Å². The average molecular weight is 262 g/mol. The predicted octanol–water partition coefficient (Wildman–Crippen LogP) is 0.301. The number of hydrogen-bond acceptors (Lipinski definition) is 5. The summed E-state index contributed by atoms with van der Waals surface area (Å²) in [7, 11) is 8.54. The highest BCUT2D eigenvalue weighted by Crippen LogP contribution is 2.20.